The highest BCUT2D eigenvalue weighted by molar-refractivity contribution is 9.10. The van der Waals surface area contributed by atoms with Crippen LogP contribution in [0.1, 0.15) is 23.6 Å². The number of nitrogens with one attached hydrogen (secondary N) is 1. The minimum Gasteiger partial charge on any atom is -0.490 e. The molecule has 1 heterocycles. The molecule has 4 rings (SSSR count). The molecule has 0 aliphatic carbocycles. The Morgan fingerprint density at radius 1 is 1.03 bits per heavy atom. The van der Waals surface area contributed by atoms with Crippen molar-refractivity contribution < 1.29 is 23.5 Å². The molecular formula is C26H21BrClFN2O4. The zero-order valence-electron chi connectivity index (χ0n) is 18.7. The first-order chi connectivity index (χ1) is 16.8. The Morgan fingerprint density at radius 2 is 1.71 bits per heavy atom. The van der Waals surface area contributed by atoms with Crippen LogP contribution in [0.2, 0.25) is 5.02 Å². The number of ether oxygens (including phenoxy) is 2. The van der Waals surface area contributed by atoms with Crippen molar-refractivity contribution >= 4 is 45.5 Å². The van der Waals surface area contributed by atoms with Crippen molar-refractivity contribution in [2.75, 3.05) is 6.61 Å². The molecule has 9 heteroatoms. The van der Waals surface area contributed by atoms with Crippen molar-refractivity contribution in [1.29, 1.82) is 0 Å². The fraction of sp³-hybridized carbons (Fsp3) is 0.154. The second kappa shape index (κ2) is 10.9. The van der Waals surface area contributed by atoms with Crippen LogP contribution in [0, 0.1) is 5.82 Å². The summed E-state index contributed by atoms with van der Waals surface area (Å²) in [7, 11) is 0. The van der Waals surface area contributed by atoms with Crippen LogP contribution in [0.3, 0.4) is 0 Å². The van der Waals surface area contributed by atoms with Crippen LogP contribution in [0.15, 0.2) is 70.8 Å². The summed E-state index contributed by atoms with van der Waals surface area (Å²) in [5.74, 6) is -0.0529. The van der Waals surface area contributed by atoms with E-state index in [9.17, 15) is 14.0 Å². The lowest BCUT2D eigenvalue weighted by molar-refractivity contribution is -0.123. The molecule has 0 bridgehead atoms. The van der Waals surface area contributed by atoms with Gasteiger partial charge in [0.2, 0.25) is 0 Å². The fourth-order valence-corrected chi connectivity index (χ4v) is 4.00. The molecule has 3 aromatic rings. The van der Waals surface area contributed by atoms with Gasteiger partial charge in [0, 0.05) is 4.47 Å². The highest BCUT2D eigenvalue weighted by Crippen LogP contribution is 2.38. The molecular weight excluding hydrogens is 539 g/mol. The van der Waals surface area contributed by atoms with E-state index >= 15 is 0 Å². The van der Waals surface area contributed by atoms with Crippen LogP contribution >= 0.6 is 27.5 Å². The highest BCUT2D eigenvalue weighted by atomic mass is 79.9. The van der Waals surface area contributed by atoms with Gasteiger partial charge in [-0.15, -0.1) is 0 Å². The number of hydrogen-bond donors (Lipinski definition) is 1. The molecule has 35 heavy (non-hydrogen) atoms. The van der Waals surface area contributed by atoms with Crippen LogP contribution < -0.4 is 14.8 Å². The Hall–Kier alpha value is -3.36. The molecule has 180 valence electrons. The summed E-state index contributed by atoms with van der Waals surface area (Å²) in [6, 6.07) is 16.1. The second-order valence-corrected chi connectivity index (χ2v) is 9.01. The quantitative estimate of drug-likeness (QED) is 0.259. The number of carbonyl (C=O) groups is 2. The normalized spacial score (nSPS) is 14.4. The Morgan fingerprint density at radius 3 is 2.40 bits per heavy atom. The van der Waals surface area contributed by atoms with Crippen LogP contribution in [0.25, 0.3) is 6.08 Å². The van der Waals surface area contributed by atoms with Crippen molar-refractivity contribution in [1.82, 2.24) is 10.2 Å². The highest BCUT2D eigenvalue weighted by Gasteiger charge is 2.33. The average molecular weight is 560 g/mol. The summed E-state index contributed by atoms with van der Waals surface area (Å²) < 4.78 is 25.6. The van der Waals surface area contributed by atoms with Gasteiger partial charge in [-0.25, -0.2) is 9.18 Å². The maximum Gasteiger partial charge on any atom is 0.329 e. The summed E-state index contributed by atoms with van der Waals surface area (Å²) in [5.41, 5.74) is 2.27. The summed E-state index contributed by atoms with van der Waals surface area (Å²) in [6.45, 7) is 2.50. The lowest BCUT2D eigenvalue weighted by Crippen LogP contribution is -2.30. The van der Waals surface area contributed by atoms with E-state index in [2.05, 4.69) is 21.2 Å². The van der Waals surface area contributed by atoms with Gasteiger partial charge in [-0.2, -0.15) is 0 Å². The van der Waals surface area contributed by atoms with Crippen molar-refractivity contribution in [3.63, 3.8) is 0 Å². The van der Waals surface area contributed by atoms with E-state index in [0.717, 1.165) is 20.5 Å². The fourth-order valence-electron chi connectivity index (χ4n) is 3.46. The van der Waals surface area contributed by atoms with Crippen LogP contribution in [-0.4, -0.2) is 23.4 Å². The minimum absolute atomic E-state index is 0.130. The molecule has 1 aliphatic heterocycles. The Labute approximate surface area is 215 Å². The van der Waals surface area contributed by atoms with Crippen molar-refractivity contribution in [2.45, 2.75) is 20.1 Å². The van der Waals surface area contributed by atoms with Gasteiger partial charge in [-0.3, -0.25) is 9.69 Å². The number of imide groups is 1. The van der Waals surface area contributed by atoms with E-state index in [1.54, 1.807) is 30.3 Å². The zero-order valence-corrected chi connectivity index (χ0v) is 21.0. The van der Waals surface area contributed by atoms with Gasteiger partial charge in [-0.1, -0.05) is 51.8 Å². The first-order valence-corrected chi connectivity index (χ1v) is 11.9. The third kappa shape index (κ3) is 6.01. The van der Waals surface area contributed by atoms with Gasteiger partial charge in [0.25, 0.3) is 5.91 Å². The van der Waals surface area contributed by atoms with E-state index in [4.69, 9.17) is 21.1 Å². The molecule has 0 radical (unpaired) electrons. The molecule has 0 spiro atoms. The Balaban J connectivity index is 1.54. The first kappa shape index (κ1) is 24.8. The summed E-state index contributed by atoms with van der Waals surface area (Å²) >= 11 is 9.85. The predicted molar refractivity (Wildman–Crippen MR) is 135 cm³/mol. The topological polar surface area (TPSA) is 67.9 Å². The number of urea groups is 1. The molecule has 0 aromatic heterocycles. The number of halogens is 3. The van der Waals surface area contributed by atoms with Gasteiger partial charge < -0.3 is 14.8 Å². The van der Waals surface area contributed by atoms with Crippen molar-refractivity contribution in [2.24, 2.45) is 0 Å². The number of nitrogens with zero attached hydrogens (tertiary/aromatic N) is 1. The van der Waals surface area contributed by atoms with Gasteiger partial charge >= 0.3 is 6.03 Å². The average Bonchev–Trinajstić information content (AvgIpc) is 3.08. The number of rotatable bonds is 8. The Kier molecular flexibility index (Phi) is 7.73. The molecule has 1 aliphatic rings. The van der Waals surface area contributed by atoms with E-state index in [0.29, 0.717) is 23.7 Å². The SMILES string of the molecule is CCOc1cc(/C=C2/NC(=O)N(Cc3ccc(Br)cc3)C2=O)cc(Cl)c1OCc1ccc(F)cc1. The molecule has 0 unspecified atom stereocenters. The molecule has 0 saturated carbocycles. The third-order valence-electron chi connectivity index (χ3n) is 5.16. The Bertz CT molecular complexity index is 1280. The number of benzene rings is 3. The van der Waals surface area contributed by atoms with E-state index in [1.807, 2.05) is 31.2 Å². The lowest BCUT2D eigenvalue weighted by atomic mass is 10.1. The molecule has 1 saturated heterocycles. The smallest absolute Gasteiger partial charge is 0.329 e. The standard InChI is InChI=1S/C26H21BrClFN2O4/c1-2-34-23-13-18(11-21(28)24(23)35-15-17-5-9-20(29)10-6-17)12-22-25(32)31(26(33)30-22)14-16-3-7-19(27)8-4-16/h3-13H,2,14-15H2,1H3,(H,30,33)/b22-12+. The summed E-state index contributed by atoms with van der Waals surface area (Å²) in [4.78, 5) is 26.5. The number of hydrogen-bond acceptors (Lipinski definition) is 4. The number of carbonyl (C=O) groups excluding carboxylic acids is 2. The lowest BCUT2D eigenvalue weighted by Gasteiger charge is -2.15. The molecule has 3 amide bonds. The molecule has 0 atom stereocenters. The van der Waals surface area contributed by atoms with Gasteiger partial charge in [-0.05, 0) is 66.1 Å². The number of amides is 3. The van der Waals surface area contributed by atoms with Gasteiger partial charge in [0.05, 0.1) is 18.2 Å². The van der Waals surface area contributed by atoms with Crippen LogP contribution in [0.4, 0.5) is 9.18 Å². The largest absolute Gasteiger partial charge is 0.490 e. The van der Waals surface area contributed by atoms with Crippen LogP contribution in [-0.2, 0) is 17.9 Å². The predicted octanol–water partition coefficient (Wildman–Crippen LogP) is 6.31. The second-order valence-electron chi connectivity index (χ2n) is 7.68. The van der Waals surface area contributed by atoms with Crippen LogP contribution in [0.5, 0.6) is 11.5 Å². The van der Waals surface area contributed by atoms with E-state index in [-0.39, 0.29) is 29.7 Å². The van der Waals surface area contributed by atoms with Gasteiger partial charge in [0.15, 0.2) is 11.5 Å². The molecule has 1 fully saturated rings. The third-order valence-corrected chi connectivity index (χ3v) is 5.96. The summed E-state index contributed by atoms with van der Waals surface area (Å²) in [6.07, 6.45) is 1.54. The van der Waals surface area contributed by atoms with Crippen molar-refractivity contribution in [3.8, 4) is 11.5 Å². The summed E-state index contributed by atoms with van der Waals surface area (Å²) in [5, 5.41) is 2.89. The van der Waals surface area contributed by atoms with E-state index in [1.165, 1.54) is 12.1 Å². The molecule has 3 aromatic carbocycles. The van der Waals surface area contributed by atoms with Gasteiger partial charge in [0.1, 0.15) is 18.1 Å². The monoisotopic (exact) mass is 558 g/mol. The molecule has 1 N–H and O–H groups in total. The first-order valence-electron chi connectivity index (χ1n) is 10.8. The molecule has 6 nitrogen and oxygen atoms in total. The maximum atomic E-state index is 13.1. The minimum atomic E-state index is -0.500. The maximum absolute atomic E-state index is 13.1. The zero-order chi connectivity index (χ0) is 24.9. The van der Waals surface area contributed by atoms with E-state index < -0.39 is 11.9 Å². The van der Waals surface area contributed by atoms with Crippen molar-refractivity contribution in [3.05, 3.63) is 98.4 Å².